The van der Waals surface area contributed by atoms with Gasteiger partial charge in [-0.3, -0.25) is 4.79 Å². The molecule has 2 heterocycles. The minimum absolute atomic E-state index is 0.0690. The fourth-order valence-electron chi connectivity index (χ4n) is 4.35. The monoisotopic (exact) mass is 358 g/mol. The molecule has 0 saturated carbocycles. The number of amides is 2. The number of carbonyl (C=O) groups is 2. The molecular weight excluding hydrogens is 332 g/mol. The first-order valence-electron chi connectivity index (χ1n) is 9.32. The van der Waals surface area contributed by atoms with Crippen molar-refractivity contribution < 1.29 is 19.1 Å². The lowest BCUT2D eigenvalue weighted by Gasteiger charge is -2.31. The van der Waals surface area contributed by atoms with Crippen molar-refractivity contribution >= 4 is 12.0 Å². The van der Waals surface area contributed by atoms with Crippen LogP contribution in [0.4, 0.5) is 4.79 Å². The third-order valence-electron chi connectivity index (χ3n) is 5.70. The molecule has 0 N–H and O–H groups in total. The summed E-state index contributed by atoms with van der Waals surface area (Å²) in [5.74, 6) is 0.672. The zero-order valence-electron chi connectivity index (χ0n) is 15.7. The largest absolute Gasteiger partial charge is 0.478 e. The number of fused-ring (bicyclic) bond motifs is 1. The van der Waals surface area contributed by atoms with Gasteiger partial charge in [0, 0.05) is 20.0 Å². The Morgan fingerprint density at radius 1 is 1.23 bits per heavy atom. The van der Waals surface area contributed by atoms with E-state index in [1.807, 2.05) is 6.07 Å². The maximum Gasteiger partial charge on any atom is 0.410 e. The molecule has 1 aromatic carbocycles. The molecular formula is C20H26N2O4. The molecule has 140 valence electrons. The van der Waals surface area contributed by atoms with Crippen molar-refractivity contribution in [1.29, 1.82) is 0 Å². The lowest BCUT2D eigenvalue weighted by atomic mass is 10.0. The van der Waals surface area contributed by atoms with E-state index in [4.69, 9.17) is 9.47 Å². The third-order valence-corrected chi connectivity index (χ3v) is 5.70. The first-order chi connectivity index (χ1) is 12.3. The summed E-state index contributed by atoms with van der Waals surface area (Å²) in [5, 5.41) is 0. The SMILES string of the molecule is CN1C[C@]2(CCN(C(=O)C(C)(C)Oc3ccc4c(c3)CCC4)C2)OC1=O. The molecule has 1 atom stereocenters. The smallest absolute Gasteiger partial charge is 0.410 e. The molecule has 2 amide bonds. The van der Waals surface area contributed by atoms with Gasteiger partial charge in [-0.25, -0.2) is 4.79 Å². The van der Waals surface area contributed by atoms with Crippen molar-refractivity contribution in [3.8, 4) is 5.75 Å². The number of nitrogens with zero attached hydrogens (tertiary/aromatic N) is 2. The summed E-state index contributed by atoms with van der Waals surface area (Å²) in [7, 11) is 1.72. The van der Waals surface area contributed by atoms with Crippen molar-refractivity contribution in [2.75, 3.05) is 26.7 Å². The summed E-state index contributed by atoms with van der Waals surface area (Å²) < 4.78 is 11.6. The zero-order valence-corrected chi connectivity index (χ0v) is 15.7. The van der Waals surface area contributed by atoms with E-state index in [1.54, 1.807) is 30.7 Å². The van der Waals surface area contributed by atoms with Crippen molar-refractivity contribution in [3.63, 3.8) is 0 Å². The van der Waals surface area contributed by atoms with E-state index in [2.05, 4.69) is 12.1 Å². The average molecular weight is 358 g/mol. The highest BCUT2D eigenvalue weighted by Gasteiger charge is 2.51. The van der Waals surface area contributed by atoms with Crippen LogP contribution in [0, 0.1) is 0 Å². The molecule has 6 heteroatoms. The Balaban J connectivity index is 1.45. The summed E-state index contributed by atoms with van der Waals surface area (Å²) in [6.45, 7) is 5.15. The van der Waals surface area contributed by atoms with Crippen LogP contribution in [0.25, 0.3) is 0 Å². The van der Waals surface area contributed by atoms with Crippen LogP contribution < -0.4 is 4.74 Å². The first kappa shape index (κ1) is 17.2. The van der Waals surface area contributed by atoms with Crippen LogP contribution in [0.2, 0.25) is 0 Å². The number of hydrogen-bond donors (Lipinski definition) is 0. The second-order valence-corrected chi connectivity index (χ2v) is 8.28. The number of likely N-dealkylation sites (N-methyl/N-ethyl adjacent to an activating group) is 1. The van der Waals surface area contributed by atoms with Gasteiger partial charge in [0.1, 0.15) is 5.75 Å². The van der Waals surface area contributed by atoms with E-state index in [1.165, 1.54) is 17.5 Å². The molecule has 6 nitrogen and oxygen atoms in total. The van der Waals surface area contributed by atoms with Gasteiger partial charge in [0.25, 0.3) is 5.91 Å². The highest BCUT2D eigenvalue weighted by Crippen LogP contribution is 2.34. The minimum atomic E-state index is -0.965. The molecule has 1 aromatic rings. The number of ether oxygens (including phenoxy) is 2. The van der Waals surface area contributed by atoms with Crippen LogP contribution in [0.5, 0.6) is 5.75 Å². The molecule has 0 bridgehead atoms. The Bertz CT molecular complexity index is 760. The van der Waals surface area contributed by atoms with Crippen molar-refractivity contribution in [2.24, 2.45) is 0 Å². The summed E-state index contributed by atoms with van der Waals surface area (Å²) in [6, 6.07) is 6.13. The zero-order chi connectivity index (χ0) is 18.5. The fourth-order valence-corrected chi connectivity index (χ4v) is 4.35. The fraction of sp³-hybridized carbons (Fsp3) is 0.600. The van der Waals surface area contributed by atoms with Gasteiger partial charge in [-0.15, -0.1) is 0 Å². The van der Waals surface area contributed by atoms with E-state index in [0.29, 0.717) is 26.1 Å². The Morgan fingerprint density at radius 2 is 2.00 bits per heavy atom. The number of benzene rings is 1. The molecule has 0 unspecified atom stereocenters. The molecule has 3 aliphatic rings. The highest BCUT2D eigenvalue weighted by atomic mass is 16.6. The van der Waals surface area contributed by atoms with E-state index in [9.17, 15) is 9.59 Å². The molecule has 2 aliphatic heterocycles. The quantitative estimate of drug-likeness (QED) is 0.832. The Morgan fingerprint density at radius 3 is 2.73 bits per heavy atom. The molecule has 26 heavy (non-hydrogen) atoms. The Hall–Kier alpha value is -2.24. The standard InChI is InChI=1S/C20H26N2O4/c1-19(2,25-16-8-7-14-5-4-6-15(14)11-16)17(23)22-10-9-20(13-22)12-21(3)18(24)26-20/h7-8,11H,4-6,9-10,12-13H2,1-3H3/t20-/m0/s1. The number of likely N-dealkylation sites (tertiary alicyclic amines) is 1. The van der Waals surface area contributed by atoms with E-state index in [0.717, 1.165) is 18.6 Å². The normalized spacial score (nSPS) is 25.0. The maximum absolute atomic E-state index is 13.1. The molecule has 2 saturated heterocycles. The van der Waals surface area contributed by atoms with Gasteiger partial charge < -0.3 is 19.3 Å². The third kappa shape index (κ3) is 2.91. The van der Waals surface area contributed by atoms with E-state index >= 15 is 0 Å². The highest BCUT2D eigenvalue weighted by molar-refractivity contribution is 5.85. The maximum atomic E-state index is 13.1. The van der Waals surface area contributed by atoms with Crippen LogP contribution in [0.3, 0.4) is 0 Å². The topological polar surface area (TPSA) is 59.1 Å². The van der Waals surface area contributed by atoms with Crippen LogP contribution in [-0.4, -0.2) is 59.7 Å². The number of rotatable bonds is 3. The predicted molar refractivity (Wildman–Crippen MR) is 96.2 cm³/mol. The number of carbonyl (C=O) groups excluding carboxylic acids is 2. The minimum Gasteiger partial charge on any atom is -0.478 e. The molecule has 0 radical (unpaired) electrons. The Kier molecular flexibility index (Phi) is 3.90. The van der Waals surface area contributed by atoms with Crippen LogP contribution in [0.15, 0.2) is 18.2 Å². The van der Waals surface area contributed by atoms with Gasteiger partial charge in [-0.1, -0.05) is 6.07 Å². The van der Waals surface area contributed by atoms with Crippen LogP contribution in [-0.2, 0) is 22.4 Å². The van der Waals surface area contributed by atoms with Crippen molar-refractivity contribution in [3.05, 3.63) is 29.3 Å². The molecule has 1 spiro atoms. The number of aryl methyl sites for hydroxylation is 2. The van der Waals surface area contributed by atoms with Crippen molar-refractivity contribution in [2.45, 2.75) is 50.7 Å². The van der Waals surface area contributed by atoms with Gasteiger partial charge in [0.15, 0.2) is 11.2 Å². The summed E-state index contributed by atoms with van der Waals surface area (Å²) in [4.78, 5) is 28.1. The first-order valence-corrected chi connectivity index (χ1v) is 9.32. The van der Waals surface area contributed by atoms with Gasteiger partial charge in [0.2, 0.25) is 0 Å². The second-order valence-electron chi connectivity index (χ2n) is 8.28. The number of hydrogen-bond acceptors (Lipinski definition) is 4. The van der Waals surface area contributed by atoms with Gasteiger partial charge in [-0.05, 0) is 56.4 Å². The lowest BCUT2D eigenvalue weighted by Crippen LogP contribution is -2.49. The Labute approximate surface area is 154 Å². The van der Waals surface area contributed by atoms with Gasteiger partial charge in [-0.2, -0.15) is 0 Å². The van der Waals surface area contributed by atoms with E-state index < -0.39 is 11.2 Å². The average Bonchev–Trinajstić information content (AvgIpc) is 3.26. The molecule has 0 aromatic heterocycles. The summed E-state index contributed by atoms with van der Waals surface area (Å²) in [5.41, 5.74) is 1.18. The van der Waals surface area contributed by atoms with Gasteiger partial charge >= 0.3 is 6.09 Å². The second kappa shape index (κ2) is 5.89. The molecule has 4 rings (SSSR count). The molecule has 2 fully saturated rings. The van der Waals surface area contributed by atoms with Crippen molar-refractivity contribution in [1.82, 2.24) is 9.80 Å². The van der Waals surface area contributed by atoms with Gasteiger partial charge in [0.05, 0.1) is 13.1 Å². The lowest BCUT2D eigenvalue weighted by molar-refractivity contribution is -0.145. The van der Waals surface area contributed by atoms with Crippen LogP contribution >= 0.6 is 0 Å². The summed E-state index contributed by atoms with van der Waals surface area (Å²) in [6.07, 6.45) is 3.75. The predicted octanol–water partition coefficient (Wildman–Crippen LogP) is 2.39. The molecule has 1 aliphatic carbocycles. The summed E-state index contributed by atoms with van der Waals surface area (Å²) >= 11 is 0. The van der Waals surface area contributed by atoms with E-state index in [-0.39, 0.29) is 12.0 Å². The van der Waals surface area contributed by atoms with Crippen LogP contribution in [0.1, 0.15) is 37.8 Å².